The van der Waals surface area contributed by atoms with Gasteiger partial charge in [0.15, 0.2) is 5.13 Å². The molecule has 0 aliphatic heterocycles. The number of carbonyl (C=O) groups excluding carboxylic acids is 2. The van der Waals surface area contributed by atoms with Crippen LogP contribution in [0.2, 0.25) is 0 Å². The van der Waals surface area contributed by atoms with Gasteiger partial charge in [-0.3, -0.25) is 9.59 Å². The first-order valence-corrected chi connectivity index (χ1v) is 12.4. The molecule has 2 N–H and O–H groups in total. The van der Waals surface area contributed by atoms with E-state index in [0.717, 1.165) is 27.5 Å². The van der Waals surface area contributed by atoms with Crippen LogP contribution in [0.15, 0.2) is 83.1 Å². The number of thiazole rings is 1. The van der Waals surface area contributed by atoms with E-state index in [-0.39, 0.29) is 17.6 Å². The van der Waals surface area contributed by atoms with Crippen LogP contribution in [0.4, 0.5) is 10.8 Å². The Morgan fingerprint density at radius 2 is 1.71 bits per heavy atom. The van der Waals surface area contributed by atoms with Gasteiger partial charge >= 0.3 is 0 Å². The number of ether oxygens (including phenoxy) is 1. The lowest BCUT2D eigenvalue weighted by molar-refractivity contribution is -0.113. The molecule has 3 aromatic carbocycles. The summed E-state index contributed by atoms with van der Waals surface area (Å²) in [5.41, 5.74) is 4.05. The van der Waals surface area contributed by atoms with Gasteiger partial charge in [-0.1, -0.05) is 29.8 Å². The maximum Gasteiger partial charge on any atom is 0.255 e. The Hall–Kier alpha value is -3.62. The zero-order valence-electron chi connectivity index (χ0n) is 18.7. The van der Waals surface area contributed by atoms with Crippen LogP contribution in [-0.4, -0.2) is 29.7 Å². The average Bonchev–Trinajstić information content (AvgIpc) is 3.32. The Labute approximate surface area is 206 Å². The van der Waals surface area contributed by atoms with E-state index in [1.807, 2.05) is 73.0 Å². The molecule has 0 radical (unpaired) electrons. The van der Waals surface area contributed by atoms with Crippen molar-refractivity contribution in [3.63, 3.8) is 0 Å². The van der Waals surface area contributed by atoms with Crippen molar-refractivity contribution in [1.29, 1.82) is 0 Å². The molecular formula is C26H23N3O3S2. The number of para-hydroxylation sites is 1. The van der Waals surface area contributed by atoms with Crippen molar-refractivity contribution < 1.29 is 14.3 Å². The number of hydrogen-bond donors (Lipinski definition) is 2. The highest BCUT2D eigenvalue weighted by Gasteiger charge is 2.12. The summed E-state index contributed by atoms with van der Waals surface area (Å²) < 4.78 is 5.38. The van der Waals surface area contributed by atoms with Crippen LogP contribution in [-0.2, 0) is 4.79 Å². The van der Waals surface area contributed by atoms with Crippen LogP contribution in [0, 0.1) is 6.92 Å². The zero-order chi connectivity index (χ0) is 23.9. The number of thioether (sulfide) groups is 1. The second-order valence-electron chi connectivity index (χ2n) is 7.42. The number of rotatable bonds is 8. The largest absolute Gasteiger partial charge is 0.496 e. The smallest absolute Gasteiger partial charge is 0.255 e. The van der Waals surface area contributed by atoms with Crippen LogP contribution in [0.5, 0.6) is 5.75 Å². The fourth-order valence-corrected chi connectivity index (χ4v) is 4.58. The summed E-state index contributed by atoms with van der Waals surface area (Å²) in [4.78, 5) is 30.2. The number of hydrogen-bond acceptors (Lipinski definition) is 6. The van der Waals surface area contributed by atoms with Gasteiger partial charge in [0.25, 0.3) is 5.91 Å². The molecule has 4 aromatic rings. The second-order valence-corrected chi connectivity index (χ2v) is 9.33. The van der Waals surface area contributed by atoms with E-state index in [4.69, 9.17) is 4.74 Å². The highest BCUT2D eigenvalue weighted by molar-refractivity contribution is 8.00. The van der Waals surface area contributed by atoms with Gasteiger partial charge in [0.05, 0.1) is 18.6 Å². The Bertz CT molecular complexity index is 1290. The molecule has 2 amide bonds. The third-order valence-corrected chi connectivity index (χ3v) is 6.70. The van der Waals surface area contributed by atoms with Crippen molar-refractivity contribution in [2.24, 2.45) is 0 Å². The molecule has 34 heavy (non-hydrogen) atoms. The standard InChI is InChI=1S/C26H23N3O3S2/c1-17-7-9-18(10-8-17)25(31)27-19-11-13-20(14-12-19)33-16-24(30)29-26-28-22(15-34-26)21-5-3-4-6-23(21)32-2/h3-15H,16H2,1-2H3,(H,27,31)(H,28,29,30). The average molecular weight is 490 g/mol. The van der Waals surface area contributed by atoms with Crippen LogP contribution >= 0.6 is 23.1 Å². The van der Waals surface area contributed by atoms with E-state index < -0.39 is 0 Å². The highest BCUT2D eigenvalue weighted by Crippen LogP contribution is 2.32. The molecule has 1 heterocycles. The van der Waals surface area contributed by atoms with E-state index in [1.54, 1.807) is 19.2 Å². The highest BCUT2D eigenvalue weighted by atomic mass is 32.2. The molecule has 0 atom stereocenters. The van der Waals surface area contributed by atoms with E-state index in [0.29, 0.717) is 16.4 Å². The van der Waals surface area contributed by atoms with Crippen molar-refractivity contribution >= 4 is 45.7 Å². The number of methoxy groups -OCH3 is 1. The molecule has 0 unspecified atom stereocenters. The molecule has 0 saturated carbocycles. The Kier molecular flexibility index (Phi) is 7.61. The maximum atomic E-state index is 12.4. The first-order chi connectivity index (χ1) is 16.5. The van der Waals surface area contributed by atoms with Crippen LogP contribution < -0.4 is 15.4 Å². The Morgan fingerprint density at radius 1 is 0.971 bits per heavy atom. The summed E-state index contributed by atoms with van der Waals surface area (Å²) in [7, 11) is 1.62. The molecule has 1 aromatic heterocycles. The lowest BCUT2D eigenvalue weighted by atomic mass is 10.1. The van der Waals surface area contributed by atoms with Gasteiger partial charge in [-0.15, -0.1) is 23.1 Å². The molecular weight excluding hydrogens is 466 g/mol. The third kappa shape index (κ3) is 6.03. The normalized spacial score (nSPS) is 10.5. The maximum absolute atomic E-state index is 12.4. The number of anilines is 2. The summed E-state index contributed by atoms with van der Waals surface area (Å²) >= 11 is 2.79. The topological polar surface area (TPSA) is 80.3 Å². The van der Waals surface area contributed by atoms with Gasteiger partial charge in [0.2, 0.25) is 5.91 Å². The number of amides is 2. The minimum Gasteiger partial charge on any atom is -0.496 e. The van der Waals surface area contributed by atoms with Crippen LogP contribution in [0.1, 0.15) is 15.9 Å². The van der Waals surface area contributed by atoms with Gasteiger partial charge in [-0.05, 0) is 55.5 Å². The minimum atomic E-state index is -0.157. The fourth-order valence-electron chi connectivity index (χ4n) is 3.16. The van der Waals surface area contributed by atoms with E-state index >= 15 is 0 Å². The number of nitrogens with zero attached hydrogens (tertiary/aromatic N) is 1. The second kappa shape index (κ2) is 11.0. The predicted octanol–water partition coefficient (Wildman–Crippen LogP) is 6.11. The molecule has 0 saturated heterocycles. The molecule has 8 heteroatoms. The van der Waals surface area contributed by atoms with Gasteiger partial charge in [-0.25, -0.2) is 4.98 Å². The Morgan fingerprint density at radius 3 is 2.44 bits per heavy atom. The van der Waals surface area contributed by atoms with Gasteiger partial charge in [0.1, 0.15) is 5.75 Å². The van der Waals surface area contributed by atoms with E-state index in [1.165, 1.54) is 23.1 Å². The van der Waals surface area contributed by atoms with Crippen molar-refractivity contribution in [2.45, 2.75) is 11.8 Å². The summed E-state index contributed by atoms with van der Waals surface area (Å²) in [6.07, 6.45) is 0. The number of nitrogens with one attached hydrogen (secondary N) is 2. The number of carbonyl (C=O) groups is 2. The lowest BCUT2D eigenvalue weighted by Gasteiger charge is -2.07. The predicted molar refractivity (Wildman–Crippen MR) is 139 cm³/mol. The summed E-state index contributed by atoms with van der Waals surface area (Å²) in [5.74, 6) is 0.691. The zero-order valence-corrected chi connectivity index (χ0v) is 20.3. The van der Waals surface area contributed by atoms with E-state index in [9.17, 15) is 9.59 Å². The quantitative estimate of drug-likeness (QED) is 0.292. The van der Waals surface area contributed by atoms with Gasteiger partial charge in [0, 0.05) is 27.1 Å². The van der Waals surface area contributed by atoms with Crippen molar-refractivity contribution in [1.82, 2.24) is 4.98 Å². The molecule has 4 rings (SSSR count). The molecule has 0 spiro atoms. The SMILES string of the molecule is COc1ccccc1-c1csc(NC(=O)CSc2ccc(NC(=O)c3ccc(C)cc3)cc2)n1. The monoisotopic (exact) mass is 489 g/mol. The Balaban J connectivity index is 1.28. The van der Waals surface area contributed by atoms with Gasteiger partial charge < -0.3 is 15.4 Å². The molecule has 172 valence electrons. The van der Waals surface area contributed by atoms with Crippen LogP contribution in [0.25, 0.3) is 11.3 Å². The molecule has 0 fully saturated rings. The van der Waals surface area contributed by atoms with Crippen molar-refractivity contribution in [3.05, 3.63) is 89.3 Å². The number of benzene rings is 3. The first kappa shape index (κ1) is 23.5. The van der Waals surface area contributed by atoms with E-state index in [2.05, 4.69) is 15.6 Å². The lowest BCUT2D eigenvalue weighted by Crippen LogP contribution is -2.13. The number of aromatic nitrogens is 1. The molecule has 6 nitrogen and oxygen atoms in total. The van der Waals surface area contributed by atoms with Crippen LogP contribution in [0.3, 0.4) is 0 Å². The number of aryl methyl sites for hydroxylation is 1. The summed E-state index contributed by atoms with van der Waals surface area (Å²) in [6.45, 7) is 1.98. The van der Waals surface area contributed by atoms with Crippen molar-refractivity contribution in [2.75, 3.05) is 23.5 Å². The van der Waals surface area contributed by atoms with Gasteiger partial charge in [-0.2, -0.15) is 0 Å². The fraction of sp³-hybridized carbons (Fsp3) is 0.115. The third-order valence-electron chi connectivity index (χ3n) is 4.93. The first-order valence-electron chi connectivity index (χ1n) is 10.5. The molecule has 0 aliphatic rings. The summed E-state index contributed by atoms with van der Waals surface area (Å²) in [5, 5.41) is 8.17. The molecule has 0 aliphatic carbocycles. The summed E-state index contributed by atoms with van der Waals surface area (Å²) in [6, 6.07) is 22.5. The van der Waals surface area contributed by atoms with Crippen molar-refractivity contribution in [3.8, 4) is 17.0 Å². The molecule has 0 bridgehead atoms. The minimum absolute atomic E-state index is 0.136.